The zero-order chi connectivity index (χ0) is 25.1. The Balaban J connectivity index is 1.50. The summed E-state index contributed by atoms with van der Waals surface area (Å²) in [6.07, 6.45) is 1.06. The number of fused-ring (bicyclic) bond motifs is 1. The monoisotopic (exact) mass is 495 g/mol. The van der Waals surface area contributed by atoms with E-state index in [4.69, 9.17) is 11.6 Å². The molecule has 35 heavy (non-hydrogen) atoms. The van der Waals surface area contributed by atoms with Gasteiger partial charge in [0.25, 0.3) is 5.91 Å². The first-order valence-corrected chi connectivity index (χ1v) is 11.3. The molecule has 180 valence electrons. The third-order valence-electron chi connectivity index (χ3n) is 5.46. The summed E-state index contributed by atoms with van der Waals surface area (Å²) < 4.78 is 16.2. The number of aromatic nitrogens is 3. The zero-order valence-corrected chi connectivity index (χ0v) is 19.8. The summed E-state index contributed by atoms with van der Waals surface area (Å²) >= 11 is 5.87. The van der Waals surface area contributed by atoms with Gasteiger partial charge in [-0.1, -0.05) is 23.7 Å². The van der Waals surface area contributed by atoms with Gasteiger partial charge in [-0.2, -0.15) is 5.10 Å². The molecule has 3 N–H and O–H groups in total. The van der Waals surface area contributed by atoms with Crippen molar-refractivity contribution in [2.24, 2.45) is 0 Å². The van der Waals surface area contributed by atoms with E-state index in [9.17, 15) is 19.1 Å². The summed E-state index contributed by atoms with van der Waals surface area (Å²) in [4.78, 5) is 28.3. The van der Waals surface area contributed by atoms with E-state index in [0.29, 0.717) is 38.9 Å². The lowest BCUT2D eigenvalue weighted by atomic mass is 10.0. The van der Waals surface area contributed by atoms with Gasteiger partial charge in [-0.05, 0) is 60.9 Å². The summed E-state index contributed by atoms with van der Waals surface area (Å²) in [6, 6.07) is 12.9. The number of carbonyl (C=O) groups excluding carboxylic acids is 2. The molecule has 4 rings (SSSR count). The van der Waals surface area contributed by atoms with Crippen LogP contribution in [0.15, 0.2) is 54.7 Å². The molecule has 0 saturated heterocycles. The van der Waals surface area contributed by atoms with Gasteiger partial charge in [0.2, 0.25) is 5.91 Å². The minimum Gasteiger partial charge on any atom is -0.388 e. The number of imidazole rings is 1. The van der Waals surface area contributed by atoms with Crippen LogP contribution in [0.2, 0.25) is 5.02 Å². The van der Waals surface area contributed by atoms with Gasteiger partial charge >= 0.3 is 0 Å². The van der Waals surface area contributed by atoms with Gasteiger partial charge in [-0.3, -0.25) is 9.59 Å². The average Bonchev–Trinajstić information content (AvgIpc) is 3.21. The SMILES string of the molecule is CC(=O)Nc1cn2nc(-c3cc(C(=O)NCCC(O)c4ccc(Cl)cc4)cc(F)c3C)ccc2n1. The van der Waals surface area contributed by atoms with Crippen molar-refractivity contribution in [3.63, 3.8) is 0 Å². The number of aliphatic hydroxyl groups excluding tert-OH is 1. The molecule has 0 aliphatic heterocycles. The van der Waals surface area contributed by atoms with E-state index in [-0.39, 0.29) is 24.4 Å². The number of aliphatic hydroxyl groups is 1. The molecule has 0 spiro atoms. The maximum atomic E-state index is 14.7. The quantitative estimate of drug-likeness (QED) is 0.354. The summed E-state index contributed by atoms with van der Waals surface area (Å²) in [5, 5.41) is 20.7. The predicted molar refractivity (Wildman–Crippen MR) is 131 cm³/mol. The molecule has 0 bridgehead atoms. The first-order valence-electron chi connectivity index (χ1n) is 10.9. The molecule has 8 nitrogen and oxygen atoms in total. The first-order chi connectivity index (χ1) is 16.7. The fraction of sp³-hybridized carbons (Fsp3) is 0.200. The van der Waals surface area contributed by atoms with Crippen LogP contribution in [-0.4, -0.2) is 38.1 Å². The molecule has 0 radical (unpaired) electrons. The van der Waals surface area contributed by atoms with E-state index < -0.39 is 17.8 Å². The molecule has 2 aromatic heterocycles. The molecule has 0 aliphatic rings. The Kier molecular flexibility index (Phi) is 7.09. The minimum absolute atomic E-state index is 0.135. The van der Waals surface area contributed by atoms with Gasteiger partial charge in [0.05, 0.1) is 18.0 Å². The molecular weight excluding hydrogens is 473 g/mol. The largest absolute Gasteiger partial charge is 0.388 e. The third-order valence-corrected chi connectivity index (χ3v) is 5.72. The fourth-order valence-electron chi connectivity index (χ4n) is 3.62. The number of anilines is 1. The van der Waals surface area contributed by atoms with Crippen LogP contribution in [0.25, 0.3) is 16.9 Å². The highest BCUT2D eigenvalue weighted by Gasteiger charge is 2.16. The molecule has 2 heterocycles. The maximum absolute atomic E-state index is 14.7. The number of rotatable bonds is 7. The molecule has 10 heteroatoms. The highest BCUT2D eigenvalue weighted by Crippen LogP contribution is 2.26. The van der Waals surface area contributed by atoms with Crippen LogP contribution in [0.5, 0.6) is 0 Å². The average molecular weight is 496 g/mol. The van der Waals surface area contributed by atoms with Crippen molar-refractivity contribution in [2.75, 3.05) is 11.9 Å². The molecule has 1 atom stereocenters. The van der Waals surface area contributed by atoms with E-state index in [1.807, 2.05) is 0 Å². The highest BCUT2D eigenvalue weighted by atomic mass is 35.5. The van der Waals surface area contributed by atoms with Gasteiger partial charge in [0.15, 0.2) is 11.5 Å². The van der Waals surface area contributed by atoms with Crippen molar-refractivity contribution in [3.05, 3.63) is 82.3 Å². The van der Waals surface area contributed by atoms with Crippen LogP contribution in [0, 0.1) is 12.7 Å². The van der Waals surface area contributed by atoms with E-state index in [2.05, 4.69) is 20.7 Å². The van der Waals surface area contributed by atoms with Crippen molar-refractivity contribution in [1.82, 2.24) is 19.9 Å². The Morgan fingerprint density at radius 1 is 1.17 bits per heavy atom. The zero-order valence-electron chi connectivity index (χ0n) is 19.0. The number of amides is 2. The second-order valence-corrected chi connectivity index (χ2v) is 8.51. The third kappa shape index (κ3) is 5.64. The molecule has 2 aromatic carbocycles. The molecule has 2 amide bonds. The lowest BCUT2D eigenvalue weighted by molar-refractivity contribution is -0.114. The van der Waals surface area contributed by atoms with Crippen LogP contribution in [0.1, 0.15) is 40.9 Å². The lowest BCUT2D eigenvalue weighted by Gasteiger charge is -2.13. The molecule has 4 aromatic rings. The predicted octanol–water partition coefficient (Wildman–Crippen LogP) is 4.31. The lowest BCUT2D eigenvalue weighted by Crippen LogP contribution is -2.26. The van der Waals surface area contributed by atoms with Crippen LogP contribution in [0.4, 0.5) is 10.2 Å². The second-order valence-electron chi connectivity index (χ2n) is 8.07. The number of hydrogen-bond donors (Lipinski definition) is 3. The minimum atomic E-state index is -0.772. The van der Waals surface area contributed by atoms with Gasteiger partial charge in [-0.25, -0.2) is 13.9 Å². The molecule has 0 aliphatic carbocycles. The Morgan fingerprint density at radius 2 is 1.91 bits per heavy atom. The Hall–Kier alpha value is -3.82. The van der Waals surface area contributed by atoms with Crippen molar-refractivity contribution < 1.29 is 19.1 Å². The van der Waals surface area contributed by atoms with Crippen LogP contribution in [-0.2, 0) is 4.79 Å². The van der Waals surface area contributed by atoms with Crippen LogP contribution >= 0.6 is 11.6 Å². The summed E-state index contributed by atoms with van der Waals surface area (Å²) in [7, 11) is 0. The number of halogens is 2. The number of benzene rings is 2. The van der Waals surface area contributed by atoms with Crippen molar-refractivity contribution >= 4 is 34.9 Å². The second kappa shape index (κ2) is 10.2. The van der Waals surface area contributed by atoms with Gasteiger partial charge in [0.1, 0.15) is 5.82 Å². The smallest absolute Gasteiger partial charge is 0.251 e. The standard InChI is InChI=1S/C25H23ClFN5O3/c1-14-19(21-7-8-24-30-23(29-15(2)33)13-32(24)31-21)11-17(12-20(14)27)25(35)28-10-9-22(34)16-3-5-18(26)6-4-16/h3-8,11-13,22,34H,9-10H2,1-2H3,(H,28,35)(H,29,33). The molecular formula is C25H23ClFN5O3. The van der Waals surface area contributed by atoms with Gasteiger partial charge in [-0.15, -0.1) is 0 Å². The normalized spacial score (nSPS) is 11.9. The van der Waals surface area contributed by atoms with E-state index >= 15 is 0 Å². The van der Waals surface area contributed by atoms with Crippen LogP contribution in [0.3, 0.4) is 0 Å². The van der Waals surface area contributed by atoms with E-state index in [0.717, 1.165) is 0 Å². The number of nitrogens with one attached hydrogen (secondary N) is 2. The Morgan fingerprint density at radius 3 is 2.63 bits per heavy atom. The van der Waals surface area contributed by atoms with Crippen molar-refractivity contribution in [1.29, 1.82) is 0 Å². The molecule has 0 saturated carbocycles. The summed E-state index contributed by atoms with van der Waals surface area (Å²) in [5.41, 5.74) is 2.56. The maximum Gasteiger partial charge on any atom is 0.251 e. The number of nitrogens with zero attached hydrogens (tertiary/aromatic N) is 3. The topological polar surface area (TPSA) is 109 Å². The molecule has 0 fully saturated rings. The van der Waals surface area contributed by atoms with Gasteiger partial charge < -0.3 is 15.7 Å². The van der Waals surface area contributed by atoms with E-state index in [1.165, 1.54) is 17.5 Å². The Labute approximate surface area is 205 Å². The fourth-order valence-corrected chi connectivity index (χ4v) is 3.74. The highest BCUT2D eigenvalue weighted by molar-refractivity contribution is 6.30. The van der Waals surface area contributed by atoms with Gasteiger partial charge in [0, 0.05) is 29.6 Å². The van der Waals surface area contributed by atoms with E-state index in [1.54, 1.807) is 55.6 Å². The number of carbonyl (C=O) groups is 2. The first kappa shape index (κ1) is 24.3. The Bertz CT molecular complexity index is 1400. The molecule has 1 unspecified atom stereocenters. The summed E-state index contributed by atoms with van der Waals surface area (Å²) in [6.45, 7) is 3.18. The van der Waals surface area contributed by atoms with Crippen LogP contribution < -0.4 is 10.6 Å². The number of hydrogen-bond acceptors (Lipinski definition) is 5. The van der Waals surface area contributed by atoms with Crippen molar-refractivity contribution in [3.8, 4) is 11.3 Å². The van der Waals surface area contributed by atoms with Crippen molar-refractivity contribution in [2.45, 2.75) is 26.4 Å². The summed E-state index contributed by atoms with van der Waals surface area (Å²) in [5.74, 6) is -0.921.